The Balaban J connectivity index is 0.796. The van der Waals surface area contributed by atoms with E-state index in [2.05, 4.69) is 52.9 Å². The molecule has 6 heterocycles. The van der Waals surface area contributed by atoms with E-state index in [0.717, 1.165) is 86.7 Å². The number of piperazine rings is 1. The van der Waals surface area contributed by atoms with Gasteiger partial charge in [-0.15, -0.1) is 0 Å². The number of methoxy groups -OCH3 is 1. The van der Waals surface area contributed by atoms with E-state index in [-0.39, 0.29) is 35.0 Å². The van der Waals surface area contributed by atoms with E-state index < -0.39 is 19.1 Å². The number of ether oxygens (including phenoxy) is 1. The Morgan fingerprint density at radius 1 is 0.845 bits per heavy atom. The highest BCUT2D eigenvalue weighted by Crippen LogP contribution is 2.43. The predicted octanol–water partition coefficient (Wildman–Crippen LogP) is 7.88. The second-order valence-electron chi connectivity index (χ2n) is 19.1. The number of hydrogen-bond donors (Lipinski definition) is 3. The third-order valence-electron chi connectivity index (χ3n) is 14.1. The summed E-state index contributed by atoms with van der Waals surface area (Å²) in [6.07, 6.45) is 8.00. The Labute approximate surface area is 416 Å². The smallest absolute Gasteiger partial charge is 0.255 e. The van der Waals surface area contributed by atoms with Crippen LogP contribution in [0.25, 0.3) is 22.3 Å². The number of hydrogen-bond acceptors (Lipinski definition) is 13. The minimum absolute atomic E-state index is 0.154. The van der Waals surface area contributed by atoms with Crippen LogP contribution in [0.2, 0.25) is 5.02 Å². The van der Waals surface area contributed by atoms with Crippen LogP contribution in [0.4, 0.5) is 38.9 Å². The van der Waals surface area contributed by atoms with Gasteiger partial charge in [-0.05, 0) is 92.1 Å². The summed E-state index contributed by atoms with van der Waals surface area (Å²) in [4.78, 5) is 55.8. The molecule has 1 unspecified atom stereocenters. The molecule has 0 bridgehead atoms. The Morgan fingerprint density at radius 3 is 2.35 bits per heavy atom. The summed E-state index contributed by atoms with van der Waals surface area (Å²) in [6, 6.07) is 21.3. The maximum atomic E-state index is 14.8. The average Bonchev–Trinajstić information content (AvgIpc) is 3.94. The Morgan fingerprint density at radius 2 is 1.63 bits per heavy atom. The van der Waals surface area contributed by atoms with Gasteiger partial charge in [0.25, 0.3) is 5.91 Å². The number of fused-ring (bicyclic) bond motifs is 1. The van der Waals surface area contributed by atoms with Crippen molar-refractivity contribution in [1.29, 1.82) is 0 Å². The number of anilines is 6. The Bertz CT molecular complexity index is 3090. The normalized spacial score (nSPS) is 17.9. The quantitative estimate of drug-likeness (QED) is 0.0755. The molecule has 3 saturated heterocycles. The number of piperidine rings is 2. The minimum atomic E-state index is -2.87. The number of halogens is 2. The van der Waals surface area contributed by atoms with E-state index >= 15 is 0 Å². The summed E-state index contributed by atoms with van der Waals surface area (Å²) in [7, 11) is 0.664. The first-order valence-electron chi connectivity index (χ1n) is 23.9. The van der Waals surface area contributed by atoms with Crippen LogP contribution in [0.5, 0.6) is 5.75 Å². The molecule has 16 nitrogen and oxygen atoms in total. The van der Waals surface area contributed by atoms with Crippen LogP contribution < -0.4 is 35.8 Å². The van der Waals surface area contributed by atoms with Crippen molar-refractivity contribution in [3.63, 3.8) is 0 Å². The lowest BCUT2D eigenvalue weighted by molar-refractivity contribution is -0.136. The van der Waals surface area contributed by atoms with E-state index in [1.54, 1.807) is 66.4 Å². The molecule has 4 aliphatic rings. The number of aromatic nitrogens is 4. The lowest BCUT2D eigenvalue weighted by Gasteiger charge is -2.40. The zero-order valence-electron chi connectivity index (χ0n) is 40.1. The van der Waals surface area contributed by atoms with Gasteiger partial charge in [-0.3, -0.25) is 29.3 Å². The van der Waals surface area contributed by atoms with E-state index in [9.17, 15) is 23.3 Å². The highest BCUT2D eigenvalue weighted by atomic mass is 35.5. The molecule has 3 fully saturated rings. The van der Waals surface area contributed by atoms with Gasteiger partial charge in [0, 0.05) is 117 Å². The first-order chi connectivity index (χ1) is 34.2. The summed E-state index contributed by atoms with van der Waals surface area (Å²) in [5, 5.41) is 14.3. The summed E-state index contributed by atoms with van der Waals surface area (Å²) in [6.45, 7) is 10.1. The molecule has 19 heteroatoms. The third-order valence-corrected chi connectivity index (χ3v) is 15.9. The minimum Gasteiger partial charge on any atom is -0.494 e. The lowest BCUT2D eigenvalue weighted by atomic mass is 9.94. The second kappa shape index (κ2) is 19.8. The molecule has 4 aromatic carbocycles. The van der Waals surface area contributed by atoms with Gasteiger partial charge in [0.15, 0.2) is 5.82 Å². The molecule has 2 aromatic heterocycles. The molecule has 6 aromatic rings. The topological polar surface area (TPSA) is 170 Å². The molecule has 3 amide bonds. The van der Waals surface area contributed by atoms with Gasteiger partial charge < -0.3 is 34.6 Å². The maximum Gasteiger partial charge on any atom is 0.255 e. The number of benzene rings is 4. The SMILES string of the molecule is COc1cc(N2CCC(CN3CCN(c4ccc5c(c4)CN(C4CCC(=O)NC4=O)C5=O)CC3)CC2)c(-c2cnn(C)c2)cc1Nc1ncc(Cl)c(Nc2ccc(-c3ccccc3F)cc2P(C)(C)=O)n1. The highest BCUT2D eigenvalue weighted by Gasteiger charge is 2.39. The molecule has 0 saturated carbocycles. The standard InChI is InChI=1S/C52H56ClFN11O5P/c1-61-30-35(27-56-61)39-25-43(58-52-55-28-40(53)49(60-52)57-42-12-9-33(24-47(42)71(3,4)69)37-7-5-6-8-41(37)54)46(70-2)26-45(39)64-17-15-32(16-18-64)29-62-19-21-63(22-20-62)36-10-11-38-34(23-36)31-65(51(38)68)44-13-14-48(66)59-50(44)67/h5-12,23-28,30,32,44H,13-22,29,31H2,1-4H3,(H,59,66,67)(H2,55,57,58,60). The largest absolute Gasteiger partial charge is 0.494 e. The predicted molar refractivity (Wildman–Crippen MR) is 276 cm³/mol. The molecular weight excluding hydrogens is 944 g/mol. The molecule has 4 aliphatic heterocycles. The molecule has 0 aliphatic carbocycles. The van der Waals surface area contributed by atoms with Crippen molar-refractivity contribution in [3.8, 4) is 28.0 Å². The molecule has 0 radical (unpaired) electrons. The van der Waals surface area contributed by atoms with Gasteiger partial charge in [-0.25, -0.2) is 9.37 Å². The fourth-order valence-corrected chi connectivity index (χ4v) is 11.6. The molecule has 3 N–H and O–H groups in total. The first kappa shape index (κ1) is 47.8. The number of carbonyl (C=O) groups is 3. The van der Waals surface area contributed by atoms with Crippen molar-refractivity contribution in [2.24, 2.45) is 13.0 Å². The zero-order valence-corrected chi connectivity index (χ0v) is 41.8. The van der Waals surface area contributed by atoms with Gasteiger partial charge >= 0.3 is 0 Å². The fraction of sp³-hybridized carbons (Fsp3) is 0.346. The number of amides is 3. The van der Waals surface area contributed by atoms with Crippen molar-refractivity contribution in [2.75, 3.05) is 86.7 Å². The average molecular weight is 1000 g/mol. The summed E-state index contributed by atoms with van der Waals surface area (Å²) in [5.41, 5.74) is 7.80. The van der Waals surface area contributed by atoms with Crippen LogP contribution in [0.3, 0.4) is 0 Å². The molecule has 368 valence electrons. The third kappa shape index (κ3) is 10.1. The highest BCUT2D eigenvalue weighted by molar-refractivity contribution is 7.70. The summed E-state index contributed by atoms with van der Waals surface area (Å²) < 4.78 is 36.2. The van der Waals surface area contributed by atoms with E-state index in [1.165, 1.54) is 12.3 Å². The first-order valence-corrected chi connectivity index (χ1v) is 26.9. The maximum absolute atomic E-state index is 14.8. The second-order valence-corrected chi connectivity index (χ2v) is 22.7. The van der Waals surface area contributed by atoms with Crippen LogP contribution >= 0.6 is 18.7 Å². The van der Waals surface area contributed by atoms with Crippen LogP contribution in [0, 0.1) is 11.7 Å². The van der Waals surface area contributed by atoms with Gasteiger partial charge in [0.2, 0.25) is 17.8 Å². The summed E-state index contributed by atoms with van der Waals surface area (Å²) in [5.74, 6) is 0.485. The van der Waals surface area contributed by atoms with Gasteiger partial charge in [0.1, 0.15) is 29.8 Å². The monoisotopic (exact) mass is 999 g/mol. The van der Waals surface area contributed by atoms with Gasteiger partial charge in [-0.1, -0.05) is 35.9 Å². The number of nitrogens with one attached hydrogen (secondary N) is 3. The molecule has 10 rings (SSSR count). The number of imide groups is 1. The van der Waals surface area contributed by atoms with Crippen LogP contribution in [-0.2, 0) is 27.7 Å². The molecule has 71 heavy (non-hydrogen) atoms. The van der Waals surface area contributed by atoms with Gasteiger partial charge in [-0.2, -0.15) is 10.1 Å². The molecular formula is C52H56ClFN11O5P. The van der Waals surface area contributed by atoms with Crippen LogP contribution in [-0.4, -0.2) is 120 Å². The molecule has 1 atom stereocenters. The van der Waals surface area contributed by atoms with Crippen LogP contribution in [0.15, 0.2) is 91.4 Å². The van der Waals surface area contributed by atoms with E-state index in [1.807, 2.05) is 37.6 Å². The van der Waals surface area contributed by atoms with Crippen molar-refractivity contribution < 1.29 is 28.1 Å². The van der Waals surface area contributed by atoms with Crippen LogP contribution in [0.1, 0.15) is 41.6 Å². The van der Waals surface area contributed by atoms with E-state index in [4.69, 9.17) is 21.3 Å². The van der Waals surface area contributed by atoms with Crippen molar-refractivity contribution in [1.82, 2.24) is 34.9 Å². The van der Waals surface area contributed by atoms with Crippen molar-refractivity contribution >= 4 is 76.3 Å². The lowest BCUT2D eigenvalue weighted by Crippen LogP contribution is -2.52. The van der Waals surface area contributed by atoms with Crippen molar-refractivity contribution in [3.05, 3.63) is 113 Å². The zero-order chi connectivity index (χ0) is 49.6. The number of carbonyl (C=O) groups excluding carboxylic acids is 3. The summed E-state index contributed by atoms with van der Waals surface area (Å²) >= 11 is 6.68. The fourth-order valence-electron chi connectivity index (χ4n) is 10.3. The Kier molecular flexibility index (Phi) is 13.3. The molecule has 0 spiro atoms. The Hall–Kier alpha value is -6.81. The number of rotatable bonds is 13. The van der Waals surface area contributed by atoms with Gasteiger partial charge in [0.05, 0.1) is 30.9 Å². The van der Waals surface area contributed by atoms with Crippen molar-refractivity contribution in [2.45, 2.75) is 38.3 Å². The van der Waals surface area contributed by atoms with E-state index in [0.29, 0.717) is 63.8 Å². The number of aryl methyl sites for hydroxylation is 1. The number of nitrogens with zero attached hydrogens (tertiary/aromatic N) is 8.